The maximum absolute atomic E-state index is 12.5. The number of para-hydroxylation sites is 2. The summed E-state index contributed by atoms with van der Waals surface area (Å²) in [6.07, 6.45) is 0. The number of nitrogens with zero attached hydrogens (tertiary/aromatic N) is 5. The highest BCUT2D eigenvalue weighted by molar-refractivity contribution is 7.98. The van der Waals surface area contributed by atoms with E-state index in [1.54, 1.807) is 30.1 Å². The number of anilines is 2. The smallest absolute Gasteiger partial charge is 0.262 e. The van der Waals surface area contributed by atoms with E-state index in [9.17, 15) is 4.79 Å². The van der Waals surface area contributed by atoms with Crippen LogP contribution < -0.4 is 10.9 Å². The third kappa shape index (κ3) is 3.28. The van der Waals surface area contributed by atoms with Crippen molar-refractivity contribution in [3.05, 3.63) is 76.0 Å². The Bertz CT molecular complexity index is 1370. The van der Waals surface area contributed by atoms with Gasteiger partial charge in [0.05, 0.1) is 16.6 Å². The van der Waals surface area contributed by atoms with Gasteiger partial charge in [-0.05, 0) is 24.3 Å². The van der Waals surface area contributed by atoms with Gasteiger partial charge in [-0.1, -0.05) is 42.1 Å². The molecular formula is C20H16N6OS2. The largest absolute Gasteiger partial charge is 0.332 e. The SMILES string of the molecule is Cn1c(=O)c2ccccc2n2c(SCc3csc(Nc4ccccc4)n3)nnc12. The number of aromatic nitrogens is 5. The number of hydrogen-bond donors (Lipinski definition) is 1. The molecule has 5 aromatic rings. The molecule has 0 bridgehead atoms. The highest BCUT2D eigenvalue weighted by Crippen LogP contribution is 2.27. The van der Waals surface area contributed by atoms with E-state index in [0.717, 1.165) is 27.2 Å². The number of thiazole rings is 1. The van der Waals surface area contributed by atoms with E-state index in [-0.39, 0.29) is 5.56 Å². The number of nitrogens with one attached hydrogen (secondary N) is 1. The minimum Gasteiger partial charge on any atom is -0.332 e. The summed E-state index contributed by atoms with van der Waals surface area (Å²) in [4.78, 5) is 17.2. The Hall–Kier alpha value is -3.17. The Kier molecular flexibility index (Phi) is 4.53. The Morgan fingerprint density at radius 3 is 2.72 bits per heavy atom. The molecule has 0 saturated heterocycles. The number of hydrogen-bond acceptors (Lipinski definition) is 7. The highest BCUT2D eigenvalue weighted by Gasteiger charge is 2.15. The van der Waals surface area contributed by atoms with Gasteiger partial charge < -0.3 is 5.32 Å². The van der Waals surface area contributed by atoms with E-state index in [0.29, 0.717) is 16.9 Å². The van der Waals surface area contributed by atoms with Crippen LogP contribution in [-0.2, 0) is 12.8 Å². The van der Waals surface area contributed by atoms with Crippen LogP contribution in [0.25, 0.3) is 16.7 Å². The molecule has 0 aliphatic rings. The summed E-state index contributed by atoms with van der Waals surface area (Å²) in [5.41, 5.74) is 2.71. The van der Waals surface area contributed by atoms with Crippen molar-refractivity contribution in [2.24, 2.45) is 7.05 Å². The van der Waals surface area contributed by atoms with Crippen LogP contribution in [0.1, 0.15) is 5.69 Å². The zero-order chi connectivity index (χ0) is 19.8. The monoisotopic (exact) mass is 420 g/mol. The van der Waals surface area contributed by atoms with Crippen LogP contribution in [0.15, 0.2) is 69.9 Å². The zero-order valence-corrected chi connectivity index (χ0v) is 17.1. The summed E-state index contributed by atoms with van der Waals surface area (Å²) in [7, 11) is 1.72. The van der Waals surface area contributed by atoms with Crippen molar-refractivity contribution >= 4 is 50.6 Å². The van der Waals surface area contributed by atoms with Gasteiger partial charge >= 0.3 is 0 Å². The first-order valence-corrected chi connectivity index (χ1v) is 10.8. The van der Waals surface area contributed by atoms with Gasteiger partial charge in [-0.3, -0.25) is 13.8 Å². The molecule has 2 aromatic carbocycles. The first-order chi connectivity index (χ1) is 14.2. The van der Waals surface area contributed by atoms with Crippen LogP contribution in [-0.4, -0.2) is 24.1 Å². The summed E-state index contributed by atoms with van der Waals surface area (Å²) in [5, 5.41) is 16.1. The van der Waals surface area contributed by atoms with E-state index in [1.165, 1.54) is 4.57 Å². The van der Waals surface area contributed by atoms with Gasteiger partial charge in [0.25, 0.3) is 5.56 Å². The molecule has 0 aliphatic heterocycles. The van der Waals surface area contributed by atoms with Crippen LogP contribution >= 0.6 is 23.1 Å². The maximum Gasteiger partial charge on any atom is 0.262 e. The summed E-state index contributed by atoms with van der Waals surface area (Å²) in [6.45, 7) is 0. The van der Waals surface area contributed by atoms with Gasteiger partial charge in [-0.25, -0.2) is 4.98 Å². The van der Waals surface area contributed by atoms with Crippen molar-refractivity contribution in [1.82, 2.24) is 24.1 Å². The Labute approximate surface area is 174 Å². The molecule has 0 radical (unpaired) electrons. The Morgan fingerprint density at radius 1 is 1.07 bits per heavy atom. The fourth-order valence-corrected chi connectivity index (χ4v) is 4.79. The molecule has 3 heterocycles. The third-order valence-corrected chi connectivity index (χ3v) is 6.29. The standard InChI is InChI=1S/C20H16N6OS2/c1-25-17(27)15-9-5-6-10-16(15)26-19(25)23-24-20(26)29-12-14-11-28-18(22-14)21-13-7-3-2-4-8-13/h2-11H,12H2,1H3,(H,21,22). The predicted molar refractivity (Wildman–Crippen MR) is 117 cm³/mol. The lowest BCUT2D eigenvalue weighted by Crippen LogP contribution is -2.20. The van der Waals surface area contributed by atoms with Crippen molar-refractivity contribution in [3.63, 3.8) is 0 Å². The number of thioether (sulfide) groups is 1. The van der Waals surface area contributed by atoms with E-state index in [1.807, 2.05) is 64.4 Å². The molecule has 1 N–H and O–H groups in total. The molecule has 7 nitrogen and oxygen atoms in total. The lowest BCUT2D eigenvalue weighted by molar-refractivity contribution is 0.853. The van der Waals surface area contributed by atoms with Crippen molar-refractivity contribution in [2.75, 3.05) is 5.32 Å². The molecule has 0 aliphatic carbocycles. The second kappa shape index (κ2) is 7.34. The molecule has 3 aromatic heterocycles. The van der Waals surface area contributed by atoms with E-state index in [4.69, 9.17) is 0 Å². The second-order valence-corrected chi connectivity index (χ2v) is 8.22. The predicted octanol–water partition coefficient (Wildman–Crippen LogP) is 4.07. The third-order valence-electron chi connectivity index (χ3n) is 4.52. The first-order valence-electron chi connectivity index (χ1n) is 8.93. The second-order valence-electron chi connectivity index (χ2n) is 6.42. The van der Waals surface area contributed by atoms with Crippen molar-refractivity contribution in [2.45, 2.75) is 10.9 Å². The van der Waals surface area contributed by atoms with Crippen LogP contribution in [0.2, 0.25) is 0 Å². The summed E-state index contributed by atoms with van der Waals surface area (Å²) >= 11 is 3.12. The van der Waals surface area contributed by atoms with Crippen LogP contribution in [0, 0.1) is 0 Å². The van der Waals surface area contributed by atoms with Gasteiger partial charge in [-0.2, -0.15) is 0 Å². The molecule has 0 fully saturated rings. The molecule has 5 rings (SSSR count). The molecule has 0 spiro atoms. The number of fused-ring (bicyclic) bond motifs is 3. The lowest BCUT2D eigenvalue weighted by Gasteiger charge is -2.07. The number of aryl methyl sites for hydroxylation is 1. The van der Waals surface area contributed by atoms with E-state index < -0.39 is 0 Å². The summed E-state index contributed by atoms with van der Waals surface area (Å²) < 4.78 is 3.46. The fraction of sp³-hybridized carbons (Fsp3) is 0.100. The van der Waals surface area contributed by atoms with Gasteiger partial charge in [0.2, 0.25) is 5.78 Å². The molecule has 0 amide bonds. The topological polar surface area (TPSA) is 77.1 Å². The highest BCUT2D eigenvalue weighted by atomic mass is 32.2. The molecule has 29 heavy (non-hydrogen) atoms. The van der Waals surface area contributed by atoms with E-state index in [2.05, 4.69) is 20.5 Å². The van der Waals surface area contributed by atoms with E-state index >= 15 is 0 Å². The van der Waals surface area contributed by atoms with Crippen LogP contribution in [0.5, 0.6) is 0 Å². The Balaban J connectivity index is 1.43. The first kappa shape index (κ1) is 17.9. The van der Waals surface area contributed by atoms with Crippen LogP contribution in [0.4, 0.5) is 10.8 Å². The lowest BCUT2D eigenvalue weighted by atomic mass is 10.2. The fourth-order valence-electron chi connectivity index (χ4n) is 3.12. The van der Waals surface area contributed by atoms with Crippen LogP contribution in [0.3, 0.4) is 0 Å². The minimum absolute atomic E-state index is 0.0758. The van der Waals surface area contributed by atoms with Gasteiger partial charge in [0.15, 0.2) is 10.3 Å². The molecule has 0 atom stereocenters. The zero-order valence-electron chi connectivity index (χ0n) is 15.4. The molecule has 0 unspecified atom stereocenters. The van der Waals surface area contributed by atoms with Crippen molar-refractivity contribution in [1.29, 1.82) is 0 Å². The quantitative estimate of drug-likeness (QED) is 0.432. The van der Waals surface area contributed by atoms with Crippen molar-refractivity contribution < 1.29 is 0 Å². The average molecular weight is 421 g/mol. The summed E-state index contributed by atoms with van der Waals surface area (Å²) in [5.74, 6) is 1.19. The van der Waals surface area contributed by atoms with Gasteiger partial charge in [-0.15, -0.1) is 21.5 Å². The molecule has 9 heteroatoms. The molecule has 144 valence electrons. The molecular weight excluding hydrogens is 404 g/mol. The number of benzene rings is 2. The average Bonchev–Trinajstić information content (AvgIpc) is 3.38. The minimum atomic E-state index is -0.0758. The molecule has 0 saturated carbocycles. The maximum atomic E-state index is 12.5. The van der Waals surface area contributed by atoms with Gasteiger partial charge in [0.1, 0.15) is 0 Å². The normalized spacial score (nSPS) is 11.3. The van der Waals surface area contributed by atoms with Gasteiger partial charge in [0, 0.05) is 23.9 Å². The summed E-state index contributed by atoms with van der Waals surface area (Å²) in [6, 6.07) is 17.5. The Morgan fingerprint density at radius 2 is 1.86 bits per heavy atom. The van der Waals surface area contributed by atoms with Crippen molar-refractivity contribution in [3.8, 4) is 0 Å². The number of rotatable bonds is 5.